The highest BCUT2D eigenvalue weighted by molar-refractivity contribution is 7.92. The molecule has 20 heavy (non-hydrogen) atoms. The van der Waals surface area contributed by atoms with Crippen LogP contribution in [0.15, 0.2) is 47.4 Å². The Hall–Kier alpha value is -1.43. The highest BCUT2D eigenvalue weighted by Gasteiger charge is 2.22. The van der Waals surface area contributed by atoms with Gasteiger partial charge in [-0.2, -0.15) is 0 Å². The fourth-order valence-corrected chi connectivity index (χ4v) is 3.56. The van der Waals surface area contributed by atoms with Gasteiger partial charge in [0.05, 0.1) is 10.6 Å². The zero-order valence-corrected chi connectivity index (χ0v) is 12.7. The molecule has 7 heteroatoms. The van der Waals surface area contributed by atoms with E-state index in [0.29, 0.717) is 5.69 Å². The van der Waals surface area contributed by atoms with Crippen molar-refractivity contribution in [3.8, 4) is 5.75 Å². The molecule has 106 valence electrons. The molecule has 4 nitrogen and oxygen atoms in total. The number of hydrogen-bond acceptors (Lipinski definition) is 3. The summed E-state index contributed by atoms with van der Waals surface area (Å²) in [6.07, 6.45) is 0. The van der Waals surface area contributed by atoms with Gasteiger partial charge in [0.2, 0.25) is 0 Å². The summed E-state index contributed by atoms with van der Waals surface area (Å²) >= 11 is 11.7. The minimum Gasteiger partial charge on any atom is -0.508 e. The van der Waals surface area contributed by atoms with Crippen LogP contribution in [0, 0.1) is 0 Å². The van der Waals surface area contributed by atoms with Crippen molar-refractivity contribution in [2.24, 2.45) is 0 Å². The van der Waals surface area contributed by atoms with Gasteiger partial charge in [0.15, 0.2) is 0 Å². The number of nitrogens with zero attached hydrogens (tertiary/aromatic N) is 1. The molecule has 0 heterocycles. The predicted molar refractivity (Wildman–Crippen MR) is 80.2 cm³/mol. The average Bonchev–Trinajstić information content (AvgIpc) is 2.37. The highest BCUT2D eigenvalue weighted by atomic mass is 35.5. The molecule has 2 aromatic carbocycles. The summed E-state index contributed by atoms with van der Waals surface area (Å²) in [5.74, 6) is 0.0605. The summed E-state index contributed by atoms with van der Waals surface area (Å²) in [5.41, 5.74) is 0.416. The zero-order chi connectivity index (χ0) is 14.9. The zero-order valence-electron chi connectivity index (χ0n) is 10.4. The molecule has 0 saturated carbocycles. The smallest absolute Gasteiger partial charge is 0.264 e. The van der Waals surface area contributed by atoms with Crippen LogP contribution in [0.25, 0.3) is 0 Å². The average molecular weight is 332 g/mol. The molecule has 0 aliphatic carbocycles. The van der Waals surface area contributed by atoms with Crippen molar-refractivity contribution < 1.29 is 13.5 Å². The Morgan fingerprint density at radius 1 is 1.00 bits per heavy atom. The molecule has 0 atom stereocenters. The Morgan fingerprint density at radius 2 is 1.50 bits per heavy atom. The molecular weight excluding hydrogens is 321 g/mol. The predicted octanol–water partition coefficient (Wildman–Crippen LogP) is 3.52. The molecule has 0 amide bonds. The molecule has 0 radical (unpaired) electrons. The first kappa shape index (κ1) is 15.0. The van der Waals surface area contributed by atoms with Crippen LogP contribution in [0.1, 0.15) is 0 Å². The van der Waals surface area contributed by atoms with Gasteiger partial charge in [0.25, 0.3) is 10.0 Å². The van der Waals surface area contributed by atoms with Crippen molar-refractivity contribution in [1.82, 2.24) is 0 Å². The third-order valence-electron chi connectivity index (χ3n) is 2.71. The van der Waals surface area contributed by atoms with Gasteiger partial charge >= 0.3 is 0 Å². The van der Waals surface area contributed by atoms with Gasteiger partial charge in [0.1, 0.15) is 5.75 Å². The van der Waals surface area contributed by atoms with E-state index in [9.17, 15) is 13.5 Å². The van der Waals surface area contributed by atoms with E-state index in [1.807, 2.05) is 0 Å². The van der Waals surface area contributed by atoms with Crippen molar-refractivity contribution in [1.29, 1.82) is 0 Å². The molecule has 0 bridgehead atoms. The van der Waals surface area contributed by atoms with Gasteiger partial charge in [-0.05, 0) is 42.5 Å². The van der Waals surface area contributed by atoms with Gasteiger partial charge < -0.3 is 5.11 Å². The lowest BCUT2D eigenvalue weighted by molar-refractivity contribution is 0.475. The third kappa shape index (κ3) is 3.00. The lowest BCUT2D eigenvalue weighted by atomic mass is 10.3. The van der Waals surface area contributed by atoms with Crippen molar-refractivity contribution in [2.75, 3.05) is 11.4 Å². The van der Waals surface area contributed by atoms with E-state index in [-0.39, 0.29) is 20.7 Å². The monoisotopic (exact) mass is 331 g/mol. The number of hydrogen-bond donors (Lipinski definition) is 1. The van der Waals surface area contributed by atoms with Gasteiger partial charge in [0, 0.05) is 17.1 Å². The summed E-state index contributed by atoms with van der Waals surface area (Å²) in [6.45, 7) is 0. The molecule has 0 spiro atoms. The normalized spacial score (nSPS) is 11.3. The van der Waals surface area contributed by atoms with Crippen LogP contribution < -0.4 is 4.31 Å². The molecule has 2 rings (SSSR count). The number of phenols is 1. The van der Waals surface area contributed by atoms with Crippen LogP contribution in [0.5, 0.6) is 5.75 Å². The van der Waals surface area contributed by atoms with Crippen LogP contribution in [0.3, 0.4) is 0 Å². The summed E-state index contributed by atoms with van der Waals surface area (Å²) < 4.78 is 26.0. The topological polar surface area (TPSA) is 57.6 Å². The second-order valence-corrected chi connectivity index (χ2v) is 6.94. The summed E-state index contributed by atoms with van der Waals surface area (Å²) in [5, 5.41) is 9.72. The van der Waals surface area contributed by atoms with E-state index in [1.54, 1.807) is 0 Å². The fraction of sp³-hybridized carbons (Fsp3) is 0.0769. The maximum atomic E-state index is 12.5. The number of rotatable bonds is 3. The van der Waals surface area contributed by atoms with Crippen LogP contribution in [0.4, 0.5) is 5.69 Å². The first-order valence-corrected chi connectivity index (χ1v) is 7.74. The Balaban J connectivity index is 2.46. The van der Waals surface area contributed by atoms with Crippen LogP contribution in [-0.4, -0.2) is 20.6 Å². The molecular formula is C13H11Cl2NO3S. The fourth-order valence-electron chi connectivity index (χ4n) is 1.64. The maximum absolute atomic E-state index is 12.5. The van der Waals surface area contributed by atoms with Gasteiger partial charge in [-0.1, -0.05) is 23.2 Å². The van der Waals surface area contributed by atoms with Gasteiger partial charge in [-0.15, -0.1) is 0 Å². The standard InChI is InChI=1S/C13H11Cl2NO3S/c1-16(11-2-4-12(17)5-3-11)20(18,19)13-7-9(14)6-10(15)8-13/h2-8,17H,1H3. The molecule has 0 saturated heterocycles. The number of sulfonamides is 1. The number of halogens is 2. The van der Waals surface area contributed by atoms with Crippen molar-refractivity contribution >= 4 is 38.9 Å². The summed E-state index contributed by atoms with van der Waals surface area (Å²) in [6, 6.07) is 9.94. The van der Waals surface area contributed by atoms with E-state index < -0.39 is 10.0 Å². The van der Waals surface area contributed by atoms with E-state index in [4.69, 9.17) is 23.2 Å². The molecule has 2 aromatic rings. The molecule has 0 unspecified atom stereocenters. The first-order valence-electron chi connectivity index (χ1n) is 5.55. The molecule has 1 N–H and O–H groups in total. The van der Waals surface area contributed by atoms with Crippen molar-refractivity contribution in [3.63, 3.8) is 0 Å². The van der Waals surface area contributed by atoms with Crippen molar-refractivity contribution in [3.05, 3.63) is 52.5 Å². The Labute approximate surface area is 127 Å². The Morgan fingerprint density at radius 3 is 2.00 bits per heavy atom. The summed E-state index contributed by atoms with van der Waals surface area (Å²) in [7, 11) is -2.35. The Kier molecular flexibility index (Phi) is 4.13. The molecule has 0 fully saturated rings. The molecule has 0 aromatic heterocycles. The van der Waals surface area contributed by atoms with Gasteiger partial charge in [-0.3, -0.25) is 4.31 Å². The van der Waals surface area contributed by atoms with E-state index in [0.717, 1.165) is 4.31 Å². The minimum absolute atomic E-state index is 0.00516. The van der Waals surface area contributed by atoms with Crippen LogP contribution >= 0.6 is 23.2 Å². The quantitative estimate of drug-likeness (QED) is 0.935. The largest absolute Gasteiger partial charge is 0.508 e. The number of aromatic hydroxyl groups is 1. The number of phenolic OH excluding ortho intramolecular Hbond substituents is 1. The van der Waals surface area contributed by atoms with E-state index in [1.165, 1.54) is 49.5 Å². The first-order chi connectivity index (χ1) is 9.30. The van der Waals surface area contributed by atoms with Crippen LogP contribution in [-0.2, 0) is 10.0 Å². The molecule has 0 aliphatic heterocycles. The highest BCUT2D eigenvalue weighted by Crippen LogP contribution is 2.27. The number of anilines is 1. The molecule has 0 aliphatic rings. The SMILES string of the molecule is CN(c1ccc(O)cc1)S(=O)(=O)c1cc(Cl)cc(Cl)c1. The summed E-state index contributed by atoms with van der Waals surface area (Å²) in [4.78, 5) is 0.00516. The van der Waals surface area contributed by atoms with Gasteiger partial charge in [-0.25, -0.2) is 8.42 Å². The van der Waals surface area contributed by atoms with Crippen molar-refractivity contribution in [2.45, 2.75) is 4.90 Å². The Bertz CT molecular complexity index is 710. The number of benzene rings is 2. The third-order valence-corrected chi connectivity index (χ3v) is 4.91. The maximum Gasteiger partial charge on any atom is 0.264 e. The second kappa shape index (κ2) is 5.52. The van der Waals surface area contributed by atoms with E-state index >= 15 is 0 Å². The van der Waals surface area contributed by atoms with Crippen LogP contribution in [0.2, 0.25) is 10.0 Å². The minimum atomic E-state index is -3.77. The van der Waals surface area contributed by atoms with E-state index in [2.05, 4.69) is 0 Å². The lowest BCUT2D eigenvalue weighted by Gasteiger charge is -2.19. The second-order valence-electron chi connectivity index (χ2n) is 4.09. The lowest BCUT2D eigenvalue weighted by Crippen LogP contribution is -2.26.